The van der Waals surface area contributed by atoms with Gasteiger partial charge >= 0.3 is 0 Å². The van der Waals surface area contributed by atoms with Crippen molar-refractivity contribution in [3.8, 4) is 5.75 Å². The second kappa shape index (κ2) is 6.16. The largest absolute Gasteiger partial charge is 0.496 e. The van der Waals surface area contributed by atoms with Crippen LogP contribution in [0.3, 0.4) is 0 Å². The van der Waals surface area contributed by atoms with E-state index in [1.54, 1.807) is 7.11 Å². The summed E-state index contributed by atoms with van der Waals surface area (Å²) in [6, 6.07) is 2.41. The molecule has 0 spiro atoms. The van der Waals surface area contributed by atoms with Crippen molar-refractivity contribution in [1.82, 2.24) is 5.32 Å². The maximum atomic E-state index is 12.4. The van der Waals surface area contributed by atoms with Gasteiger partial charge in [0.25, 0.3) is 0 Å². The zero-order valence-corrected chi connectivity index (χ0v) is 14.5. The molecule has 1 aromatic carbocycles. The van der Waals surface area contributed by atoms with Crippen molar-refractivity contribution < 1.29 is 14.6 Å². The number of methoxy groups -OCH3 is 1. The smallest absolute Gasteiger partial charge is 0.223 e. The second-order valence-electron chi connectivity index (χ2n) is 7.13. The first kappa shape index (κ1) is 16.3. The van der Waals surface area contributed by atoms with Gasteiger partial charge in [-0.3, -0.25) is 4.79 Å². The van der Waals surface area contributed by atoms with Gasteiger partial charge in [-0.05, 0) is 67.9 Å². The highest BCUT2D eigenvalue weighted by molar-refractivity contribution is 5.79. The van der Waals surface area contributed by atoms with E-state index < -0.39 is 6.10 Å². The van der Waals surface area contributed by atoms with Crippen LogP contribution in [0.2, 0.25) is 0 Å². The van der Waals surface area contributed by atoms with Crippen LogP contribution < -0.4 is 10.1 Å². The molecule has 2 aliphatic carbocycles. The van der Waals surface area contributed by atoms with E-state index in [1.165, 1.54) is 5.56 Å². The number of benzene rings is 1. The van der Waals surface area contributed by atoms with Crippen molar-refractivity contribution in [2.45, 2.75) is 58.6 Å². The fraction of sp³-hybridized carbons (Fsp3) is 0.632. The molecule has 0 aromatic heterocycles. The lowest BCUT2D eigenvalue weighted by Gasteiger charge is -2.35. The fourth-order valence-corrected chi connectivity index (χ4v) is 3.87. The van der Waals surface area contributed by atoms with E-state index in [2.05, 4.69) is 12.2 Å². The van der Waals surface area contributed by atoms with Gasteiger partial charge in [0, 0.05) is 17.9 Å². The SMILES string of the molecule is COc1cc(C)c2c(c1C)C(O)C(C(C)C(=O)NC1CC1)CC2. The number of aliphatic hydroxyl groups is 1. The lowest BCUT2D eigenvalue weighted by Crippen LogP contribution is -2.38. The number of hydrogen-bond acceptors (Lipinski definition) is 3. The molecule has 0 saturated heterocycles. The van der Waals surface area contributed by atoms with Gasteiger partial charge in [-0.1, -0.05) is 6.92 Å². The first-order valence-electron chi connectivity index (χ1n) is 8.59. The number of aryl methyl sites for hydroxylation is 1. The van der Waals surface area contributed by atoms with Crippen LogP contribution in [0.5, 0.6) is 5.75 Å². The van der Waals surface area contributed by atoms with E-state index in [0.29, 0.717) is 6.04 Å². The van der Waals surface area contributed by atoms with E-state index in [1.807, 2.05) is 19.9 Å². The van der Waals surface area contributed by atoms with Crippen molar-refractivity contribution in [2.75, 3.05) is 7.11 Å². The summed E-state index contributed by atoms with van der Waals surface area (Å²) < 4.78 is 5.45. The quantitative estimate of drug-likeness (QED) is 0.898. The van der Waals surface area contributed by atoms with Crippen molar-refractivity contribution in [2.24, 2.45) is 11.8 Å². The summed E-state index contributed by atoms with van der Waals surface area (Å²) in [7, 11) is 1.66. The molecule has 0 radical (unpaired) electrons. The number of rotatable bonds is 4. The van der Waals surface area contributed by atoms with E-state index >= 15 is 0 Å². The number of aliphatic hydroxyl groups excluding tert-OH is 1. The normalized spacial score (nSPS) is 24.7. The predicted molar refractivity (Wildman–Crippen MR) is 89.6 cm³/mol. The number of amides is 1. The Kier molecular flexibility index (Phi) is 4.37. The van der Waals surface area contributed by atoms with E-state index in [4.69, 9.17) is 4.74 Å². The number of nitrogens with one attached hydrogen (secondary N) is 1. The van der Waals surface area contributed by atoms with Crippen LogP contribution in [0.4, 0.5) is 0 Å². The second-order valence-corrected chi connectivity index (χ2v) is 7.13. The lowest BCUT2D eigenvalue weighted by molar-refractivity contribution is -0.128. The van der Waals surface area contributed by atoms with Crippen LogP contribution in [0.15, 0.2) is 6.07 Å². The van der Waals surface area contributed by atoms with Crippen molar-refractivity contribution >= 4 is 5.91 Å². The first-order valence-corrected chi connectivity index (χ1v) is 8.59. The summed E-state index contributed by atoms with van der Waals surface area (Å²) in [5.41, 5.74) is 4.36. The summed E-state index contributed by atoms with van der Waals surface area (Å²) in [6.07, 6.45) is 3.33. The molecule has 3 atom stereocenters. The van der Waals surface area contributed by atoms with E-state index in [-0.39, 0.29) is 17.7 Å². The molecule has 0 heterocycles. The maximum Gasteiger partial charge on any atom is 0.223 e. The van der Waals surface area contributed by atoms with Gasteiger partial charge in [0.05, 0.1) is 13.2 Å². The summed E-state index contributed by atoms with van der Waals surface area (Å²) in [6.45, 7) is 6.01. The minimum Gasteiger partial charge on any atom is -0.496 e. The van der Waals surface area contributed by atoms with Crippen molar-refractivity contribution in [1.29, 1.82) is 0 Å². The summed E-state index contributed by atoms with van der Waals surface area (Å²) in [4.78, 5) is 12.4. The molecule has 1 fully saturated rings. The number of hydrogen-bond donors (Lipinski definition) is 2. The summed E-state index contributed by atoms with van der Waals surface area (Å²) in [5, 5.41) is 14.0. The molecular formula is C19H27NO3. The van der Waals surface area contributed by atoms with Gasteiger partial charge in [0.1, 0.15) is 5.75 Å². The molecule has 1 amide bonds. The standard InChI is InChI=1S/C19H27NO3/c1-10-9-16(23-4)12(3)17-14(10)7-8-15(18(17)21)11(2)19(22)20-13-5-6-13/h9,11,13,15,18,21H,5-8H2,1-4H3,(H,20,22). The monoisotopic (exact) mass is 317 g/mol. The molecule has 23 heavy (non-hydrogen) atoms. The van der Waals surface area contributed by atoms with Gasteiger partial charge in [-0.2, -0.15) is 0 Å². The summed E-state index contributed by atoms with van der Waals surface area (Å²) >= 11 is 0. The molecule has 1 aromatic rings. The van der Waals surface area contributed by atoms with Gasteiger partial charge in [0.2, 0.25) is 5.91 Å². The highest BCUT2D eigenvalue weighted by atomic mass is 16.5. The van der Waals surface area contributed by atoms with Crippen molar-refractivity contribution in [3.63, 3.8) is 0 Å². The molecule has 0 aliphatic heterocycles. The minimum atomic E-state index is -0.604. The molecule has 126 valence electrons. The topological polar surface area (TPSA) is 58.6 Å². The highest BCUT2D eigenvalue weighted by Crippen LogP contribution is 2.44. The zero-order valence-electron chi connectivity index (χ0n) is 14.5. The molecular weight excluding hydrogens is 290 g/mol. The van der Waals surface area contributed by atoms with Crippen LogP contribution in [0, 0.1) is 25.7 Å². The molecule has 2 aliphatic rings. The Morgan fingerprint density at radius 3 is 2.65 bits per heavy atom. The Morgan fingerprint density at radius 2 is 2.04 bits per heavy atom. The van der Waals surface area contributed by atoms with Gasteiger partial charge in [-0.25, -0.2) is 0 Å². The molecule has 4 heteroatoms. The van der Waals surface area contributed by atoms with E-state index in [0.717, 1.165) is 48.1 Å². The average Bonchev–Trinajstić information content (AvgIpc) is 3.33. The molecule has 3 unspecified atom stereocenters. The average molecular weight is 317 g/mol. The van der Waals surface area contributed by atoms with Gasteiger partial charge in [-0.15, -0.1) is 0 Å². The minimum absolute atomic E-state index is 0.0357. The Hall–Kier alpha value is -1.55. The number of carbonyl (C=O) groups is 1. The zero-order chi connectivity index (χ0) is 16.7. The molecule has 4 nitrogen and oxygen atoms in total. The Morgan fingerprint density at radius 1 is 1.35 bits per heavy atom. The Balaban J connectivity index is 1.88. The van der Waals surface area contributed by atoms with Gasteiger partial charge < -0.3 is 15.2 Å². The highest BCUT2D eigenvalue weighted by Gasteiger charge is 2.38. The van der Waals surface area contributed by atoms with Crippen LogP contribution in [-0.2, 0) is 11.2 Å². The van der Waals surface area contributed by atoms with Crippen LogP contribution >= 0.6 is 0 Å². The number of fused-ring (bicyclic) bond motifs is 1. The maximum absolute atomic E-state index is 12.4. The summed E-state index contributed by atoms with van der Waals surface area (Å²) in [5.74, 6) is 0.685. The third kappa shape index (κ3) is 2.97. The first-order chi connectivity index (χ1) is 10.9. The number of carbonyl (C=O) groups excluding carboxylic acids is 1. The predicted octanol–water partition coefficient (Wildman–Crippen LogP) is 2.82. The third-order valence-electron chi connectivity index (χ3n) is 5.55. The fourth-order valence-electron chi connectivity index (χ4n) is 3.87. The van der Waals surface area contributed by atoms with Crippen molar-refractivity contribution in [3.05, 3.63) is 28.3 Å². The lowest BCUT2D eigenvalue weighted by atomic mass is 9.72. The van der Waals surface area contributed by atoms with Crippen LogP contribution in [0.1, 0.15) is 54.5 Å². The Bertz CT molecular complexity index is 622. The van der Waals surface area contributed by atoms with Crippen LogP contribution in [-0.4, -0.2) is 24.2 Å². The number of ether oxygens (including phenoxy) is 1. The molecule has 2 N–H and O–H groups in total. The van der Waals surface area contributed by atoms with Crippen LogP contribution in [0.25, 0.3) is 0 Å². The third-order valence-corrected chi connectivity index (χ3v) is 5.55. The van der Waals surface area contributed by atoms with E-state index in [9.17, 15) is 9.90 Å². The van der Waals surface area contributed by atoms with Gasteiger partial charge in [0.15, 0.2) is 0 Å². The Labute approximate surface area is 138 Å². The molecule has 1 saturated carbocycles. The molecule has 3 rings (SSSR count). The molecule has 0 bridgehead atoms.